The van der Waals surface area contributed by atoms with Crippen LogP contribution in [0.2, 0.25) is 0 Å². The van der Waals surface area contributed by atoms with Gasteiger partial charge in [-0.3, -0.25) is 0 Å². The third-order valence-electron chi connectivity index (χ3n) is 3.77. The lowest BCUT2D eigenvalue weighted by Gasteiger charge is -2.26. The van der Waals surface area contributed by atoms with Crippen molar-refractivity contribution in [1.29, 1.82) is 0 Å². The van der Waals surface area contributed by atoms with Crippen LogP contribution < -0.4 is 4.74 Å². The fourth-order valence-electron chi connectivity index (χ4n) is 2.65. The minimum atomic E-state index is 0.500. The standard InChI is InChI=1S/C15H19BrO/c16-13-5-1-3-11(9-13)12-4-2-6-15(10-12)17-14-7-8-14/h2,4,6,10-11,13-14H,1,3,5,7-9H2. The Morgan fingerprint density at radius 1 is 1.12 bits per heavy atom. The molecule has 2 saturated carbocycles. The molecule has 2 aliphatic rings. The summed E-state index contributed by atoms with van der Waals surface area (Å²) in [6.07, 6.45) is 8.24. The monoisotopic (exact) mass is 294 g/mol. The van der Waals surface area contributed by atoms with Crippen LogP contribution in [-0.4, -0.2) is 10.9 Å². The zero-order chi connectivity index (χ0) is 11.7. The fraction of sp³-hybridized carbons (Fsp3) is 0.600. The van der Waals surface area contributed by atoms with Gasteiger partial charge in [-0.25, -0.2) is 0 Å². The second-order valence-corrected chi connectivity index (χ2v) is 6.65. The van der Waals surface area contributed by atoms with E-state index in [9.17, 15) is 0 Å². The number of halogens is 1. The second kappa shape index (κ2) is 5.01. The average Bonchev–Trinajstić information content (AvgIpc) is 3.13. The Hall–Kier alpha value is -0.500. The van der Waals surface area contributed by atoms with Crippen LogP contribution in [-0.2, 0) is 0 Å². The molecule has 2 aliphatic carbocycles. The molecule has 0 heterocycles. The van der Waals surface area contributed by atoms with Crippen LogP contribution in [0.25, 0.3) is 0 Å². The first-order chi connectivity index (χ1) is 8.31. The molecule has 2 fully saturated rings. The lowest BCUT2D eigenvalue weighted by molar-refractivity contribution is 0.302. The summed E-state index contributed by atoms with van der Waals surface area (Å²) in [6, 6.07) is 8.75. The van der Waals surface area contributed by atoms with Crippen LogP contribution >= 0.6 is 15.9 Å². The molecule has 17 heavy (non-hydrogen) atoms. The Kier molecular flexibility index (Phi) is 3.41. The molecule has 3 rings (SSSR count). The first-order valence-electron chi connectivity index (χ1n) is 6.72. The highest BCUT2D eigenvalue weighted by molar-refractivity contribution is 9.09. The summed E-state index contributed by atoms with van der Waals surface area (Å²) in [4.78, 5) is 0.703. The zero-order valence-corrected chi connectivity index (χ0v) is 11.7. The normalized spacial score (nSPS) is 29.0. The van der Waals surface area contributed by atoms with E-state index in [1.165, 1.54) is 44.1 Å². The summed E-state index contributed by atoms with van der Waals surface area (Å²) in [5.74, 6) is 1.79. The molecule has 1 aromatic rings. The van der Waals surface area contributed by atoms with E-state index in [2.05, 4.69) is 40.2 Å². The Labute approximate surface area is 112 Å². The molecule has 0 radical (unpaired) electrons. The molecular weight excluding hydrogens is 276 g/mol. The molecule has 2 atom stereocenters. The van der Waals surface area contributed by atoms with Gasteiger partial charge in [-0.2, -0.15) is 0 Å². The van der Waals surface area contributed by atoms with Gasteiger partial charge in [-0.1, -0.05) is 34.5 Å². The maximum Gasteiger partial charge on any atom is 0.119 e. The predicted molar refractivity (Wildman–Crippen MR) is 74.0 cm³/mol. The quantitative estimate of drug-likeness (QED) is 0.738. The minimum Gasteiger partial charge on any atom is -0.490 e. The molecule has 0 saturated heterocycles. The number of hydrogen-bond acceptors (Lipinski definition) is 1. The van der Waals surface area contributed by atoms with Crippen molar-refractivity contribution in [3.8, 4) is 5.75 Å². The summed E-state index contributed by atoms with van der Waals surface area (Å²) in [6.45, 7) is 0. The number of hydrogen-bond donors (Lipinski definition) is 0. The van der Waals surface area contributed by atoms with E-state index in [0.29, 0.717) is 10.9 Å². The molecule has 0 bridgehead atoms. The van der Waals surface area contributed by atoms with Gasteiger partial charge in [-0.15, -0.1) is 0 Å². The van der Waals surface area contributed by atoms with E-state index >= 15 is 0 Å². The van der Waals surface area contributed by atoms with E-state index in [4.69, 9.17) is 4.74 Å². The maximum absolute atomic E-state index is 5.87. The highest BCUT2D eigenvalue weighted by atomic mass is 79.9. The highest BCUT2D eigenvalue weighted by Gasteiger charge is 2.25. The van der Waals surface area contributed by atoms with E-state index in [-0.39, 0.29) is 0 Å². The summed E-state index contributed by atoms with van der Waals surface area (Å²) in [5.41, 5.74) is 1.47. The number of ether oxygens (including phenoxy) is 1. The van der Waals surface area contributed by atoms with Gasteiger partial charge in [0, 0.05) is 4.83 Å². The topological polar surface area (TPSA) is 9.23 Å². The van der Waals surface area contributed by atoms with Crippen LogP contribution in [0.3, 0.4) is 0 Å². The Bertz CT molecular complexity index is 386. The summed E-state index contributed by atoms with van der Waals surface area (Å²) in [5, 5.41) is 0. The Morgan fingerprint density at radius 3 is 2.76 bits per heavy atom. The number of alkyl halides is 1. The van der Waals surface area contributed by atoms with E-state index < -0.39 is 0 Å². The van der Waals surface area contributed by atoms with E-state index in [1.807, 2.05) is 0 Å². The molecule has 0 N–H and O–H groups in total. The number of benzene rings is 1. The van der Waals surface area contributed by atoms with Gasteiger partial charge in [-0.05, 0) is 55.7 Å². The van der Waals surface area contributed by atoms with E-state index in [0.717, 1.165) is 11.7 Å². The first kappa shape index (κ1) is 11.6. The van der Waals surface area contributed by atoms with E-state index in [1.54, 1.807) is 0 Å². The van der Waals surface area contributed by atoms with Crippen LogP contribution in [0, 0.1) is 0 Å². The molecule has 2 heteroatoms. The molecule has 1 aromatic carbocycles. The van der Waals surface area contributed by atoms with Crippen LogP contribution in [0.15, 0.2) is 24.3 Å². The van der Waals surface area contributed by atoms with Crippen molar-refractivity contribution in [2.24, 2.45) is 0 Å². The van der Waals surface area contributed by atoms with Gasteiger partial charge < -0.3 is 4.74 Å². The van der Waals surface area contributed by atoms with Crippen LogP contribution in [0.5, 0.6) is 5.75 Å². The van der Waals surface area contributed by atoms with Crippen molar-refractivity contribution in [3.63, 3.8) is 0 Å². The lowest BCUT2D eigenvalue weighted by Crippen LogP contribution is -2.13. The lowest BCUT2D eigenvalue weighted by atomic mass is 9.84. The summed E-state index contributed by atoms with van der Waals surface area (Å²) < 4.78 is 5.87. The zero-order valence-electron chi connectivity index (χ0n) is 10.1. The Balaban J connectivity index is 1.72. The molecular formula is C15H19BrO. The largest absolute Gasteiger partial charge is 0.490 e. The predicted octanol–water partition coefficient (Wildman–Crippen LogP) is 4.65. The Morgan fingerprint density at radius 2 is 2.00 bits per heavy atom. The molecule has 0 amide bonds. The highest BCUT2D eigenvalue weighted by Crippen LogP contribution is 2.37. The molecule has 92 valence electrons. The first-order valence-corrected chi connectivity index (χ1v) is 7.63. The molecule has 2 unspecified atom stereocenters. The van der Waals surface area contributed by atoms with Crippen LogP contribution in [0.1, 0.15) is 50.0 Å². The van der Waals surface area contributed by atoms with Crippen molar-refractivity contribution in [3.05, 3.63) is 29.8 Å². The number of rotatable bonds is 3. The molecule has 0 aromatic heterocycles. The van der Waals surface area contributed by atoms with Gasteiger partial charge in [0.15, 0.2) is 0 Å². The van der Waals surface area contributed by atoms with Gasteiger partial charge in [0.25, 0.3) is 0 Å². The SMILES string of the molecule is BrC1CCCC(c2cccc(OC3CC3)c2)C1. The second-order valence-electron chi connectivity index (χ2n) is 5.35. The summed E-state index contributed by atoms with van der Waals surface area (Å²) >= 11 is 3.76. The molecule has 1 nitrogen and oxygen atoms in total. The average molecular weight is 295 g/mol. The van der Waals surface area contributed by atoms with Crippen molar-refractivity contribution in [2.75, 3.05) is 0 Å². The van der Waals surface area contributed by atoms with Gasteiger partial charge >= 0.3 is 0 Å². The van der Waals surface area contributed by atoms with Gasteiger partial charge in [0.1, 0.15) is 5.75 Å². The van der Waals surface area contributed by atoms with Crippen LogP contribution in [0.4, 0.5) is 0 Å². The molecule has 0 aliphatic heterocycles. The smallest absolute Gasteiger partial charge is 0.119 e. The summed E-state index contributed by atoms with van der Waals surface area (Å²) in [7, 11) is 0. The van der Waals surface area contributed by atoms with Crippen molar-refractivity contribution in [1.82, 2.24) is 0 Å². The third kappa shape index (κ3) is 3.04. The maximum atomic E-state index is 5.87. The minimum absolute atomic E-state index is 0.500. The van der Waals surface area contributed by atoms with Crippen molar-refractivity contribution >= 4 is 15.9 Å². The van der Waals surface area contributed by atoms with Crippen molar-refractivity contribution in [2.45, 2.75) is 55.4 Å². The van der Waals surface area contributed by atoms with Crippen molar-refractivity contribution < 1.29 is 4.74 Å². The van der Waals surface area contributed by atoms with Gasteiger partial charge in [0.2, 0.25) is 0 Å². The molecule has 0 spiro atoms. The third-order valence-corrected chi connectivity index (χ3v) is 4.60. The van der Waals surface area contributed by atoms with Gasteiger partial charge in [0.05, 0.1) is 6.10 Å². The fourth-order valence-corrected chi connectivity index (χ4v) is 3.43.